The van der Waals surface area contributed by atoms with Gasteiger partial charge in [0.25, 0.3) is 0 Å². The zero-order chi connectivity index (χ0) is 11.0. The molecule has 1 saturated heterocycles. The lowest BCUT2D eigenvalue weighted by atomic mass is 9.91. The molecule has 1 N–H and O–H groups in total. The molecule has 0 aromatic carbocycles. The molecule has 1 aliphatic rings. The van der Waals surface area contributed by atoms with E-state index in [0.29, 0.717) is 6.61 Å². The predicted molar refractivity (Wildman–Crippen MR) is 61.8 cm³/mol. The van der Waals surface area contributed by atoms with E-state index in [1.807, 2.05) is 0 Å². The first-order valence-corrected chi connectivity index (χ1v) is 6.94. The molecule has 1 aliphatic heterocycles. The molecule has 0 radical (unpaired) electrons. The Morgan fingerprint density at radius 3 is 2.50 bits per heavy atom. The Kier molecular flexibility index (Phi) is 3.66. The highest BCUT2D eigenvalue weighted by Gasteiger charge is 2.44. The second kappa shape index (κ2) is 4.11. The Balaban J connectivity index is 2.68. The topological polar surface area (TPSA) is 30.5 Å². The van der Waals surface area contributed by atoms with Gasteiger partial charge in [-0.15, -0.1) is 9.05 Å². The minimum atomic E-state index is -1.12. The molecule has 1 heterocycles. The van der Waals surface area contributed by atoms with Crippen LogP contribution in [-0.4, -0.2) is 18.4 Å². The van der Waals surface area contributed by atoms with Crippen molar-refractivity contribution in [3.63, 3.8) is 0 Å². The standard InChI is InChI=1S/C9H19NO2PS/c1-8(2,3)10-7-9(4,5)6-11-13(14)12-7/h7,10H,6H2,1-5H3/q+1. The van der Waals surface area contributed by atoms with E-state index in [1.165, 1.54) is 0 Å². The van der Waals surface area contributed by atoms with E-state index in [1.54, 1.807) is 0 Å². The summed E-state index contributed by atoms with van der Waals surface area (Å²) in [5, 5.41) is 3.43. The van der Waals surface area contributed by atoms with Crippen molar-refractivity contribution in [3.8, 4) is 0 Å². The SMILES string of the molecule is CC(C)(C)NC1O[P+](=S)OCC1(C)C. The summed E-state index contributed by atoms with van der Waals surface area (Å²) in [6.07, 6.45) is -0.0140. The maximum Gasteiger partial charge on any atom is 0.523 e. The molecule has 5 heteroatoms. The second-order valence-corrected chi connectivity index (χ2v) is 7.18. The quantitative estimate of drug-likeness (QED) is 0.709. The van der Waals surface area contributed by atoms with Gasteiger partial charge in [0.15, 0.2) is 6.23 Å². The van der Waals surface area contributed by atoms with Gasteiger partial charge >= 0.3 is 7.15 Å². The van der Waals surface area contributed by atoms with Gasteiger partial charge in [-0.05, 0) is 20.8 Å². The van der Waals surface area contributed by atoms with E-state index >= 15 is 0 Å². The molecule has 0 aliphatic carbocycles. The third-order valence-corrected chi connectivity index (χ3v) is 3.30. The van der Waals surface area contributed by atoms with Crippen LogP contribution in [0, 0.1) is 5.41 Å². The third kappa shape index (κ3) is 3.52. The molecular formula is C9H19NO2PS+. The highest BCUT2D eigenvalue weighted by Crippen LogP contribution is 2.41. The molecule has 0 amide bonds. The summed E-state index contributed by atoms with van der Waals surface area (Å²) in [6, 6.07) is 0. The highest BCUT2D eigenvalue weighted by molar-refractivity contribution is 8.00. The average molecular weight is 236 g/mol. The van der Waals surface area contributed by atoms with Crippen LogP contribution in [0.2, 0.25) is 0 Å². The van der Waals surface area contributed by atoms with Crippen LogP contribution in [0.15, 0.2) is 0 Å². The van der Waals surface area contributed by atoms with Crippen molar-refractivity contribution in [2.75, 3.05) is 6.61 Å². The molecule has 0 saturated carbocycles. The van der Waals surface area contributed by atoms with Crippen molar-refractivity contribution >= 4 is 19.0 Å². The summed E-state index contributed by atoms with van der Waals surface area (Å²) in [5.74, 6) is 0. The molecule has 1 rings (SSSR count). The van der Waals surface area contributed by atoms with Crippen molar-refractivity contribution in [1.29, 1.82) is 0 Å². The molecule has 3 nitrogen and oxygen atoms in total. The van der Waals surface area contributed by atoms with Gasteiger partial charge in [-0.25, -0.2) is 0 Å². The first-order valence-electron chi connectivity index (χ1n) is 4.75. The van der Waals surface area contributed by atoms with E-state index in [-0.39, 0.29) is 17.2 Å². The number of rotatable bonds is 1. The van der Waals surface area contributed by atoms with Crippen molar-refractivity contribution in [3.05, 3.63) is 0 Å². The summed E-state index contributed by atoms with van der Waals surface area (Å²) >= 11 is 5.04. The predicted octanol–water partition coefficient (Wildman–Crippen LogP) is 2.55. The Morgan fingerprint density at radius 1 is 1.43 bits per heavy atom. The van der Waals surface area contributed by atoms with Gasteiger partial charge in [-0.3, -0.25) is 5.32 Å². The highest BCUT2D eigenvalue weighted by atomic mass is 32.4. The van der Waals surface area contributed by atoms with Gasteiger partial charge in [0.05, 0.1) is 0 Å². The summed E-state index contributed by atoms with van der Waals surface area (Å²) in [6.45, 7) is 11.3. The van der Waals surface area contributed by atoms with Crippen molar-refractivity contribution in [2.45, 2.75) is 46.4 Å². The van der Waals surface area contributed by atoms with Crippen molar-refractivity contribution < 1.29 is 9.05 Å². The first kappa shape index (κ1) is 12.5. The molecule has 0 aromatic rings. The smallest absolute Gasteiger partial charge is 0.283 e. The second-order valence-electron chi connectivity index (χ2n) is 5.37. The Hall–Kier alpha value is 0.400. The monoisotopic (exact) mass is 236 g/mol. The van der Waals surface area contributed by atoms with Gasteiger partial charge in [-0.2, -0.15) is 0 Å². The zero-order valence-corrected chi connectivity index (χ0v) is 11.2. The molecule has 1 fully saturated rings. The van der Waals surface area contributed by atoms with Crippen LogP contribution in [0.3, 0.4) is 0 Å². The maximum atomic E-state index is 5.62. The molecule has 2 unspecified atom stereocenters. The lowest BCUT2D eigenvalue weighted by Crippen LogP contribution is -2.54. The summed E-state index contributed by atoms with van der Waals surface area (Å²) in [7, 11) is -1.12. The molecule has 0 bridgehead atoms. The minimum Gasteiger partial charge on any atom is -0.283 e. The van der Waals surface area contributed by atoms with E-state index in [2.05, 4.69) is 39.9 Å². The van der Waals surface area contributed by atoms with Gasteiger partial charge in [-0.1, -0.05) is 13.8 Å². The largest absolute Gasteiger partial charge is 0.523 e. The van der Waals surface area contributed by atoms with Crippen LogP contribution in [0.5, 0.6) is 0 Å². The summed E-state index contributed by atoms with van der Waals surface area (Å²) < 4.78 is 11.0. The minimum absolute atomic E-state index is 0.0140. The fraction of sp³-hybridized carbons (Fsp3) is 1.00. The molecule has 0 spiro atoms. The Morgan fingerprint density at radius 2 is 2.00 bits per heavy atom. The normalized spacial score (nSPS) is 30.4. The van der Waals surface area contributed by atoms with Crippen LogP contribution in [0.1, 0.15) is 34.6 Å². The number of nitrogens with one attached hydrogen (secondary N) is 1. The van der Waals surface area contributed by atoms with Gasteiger partial charge in [0.2, 0.25) is 11.8 Å². The van der Waals surface area contributed by atoms with Crippen molar-refractivity contribution in [1.82, 2.24) is 5.32 Å². The van der Waals surface area contributed by atoms with Crippen LogP contribution in [0.25, 0.3) is 0 Å². The fourth-order valence-electron chi connectivity index (χ4n) is 1.17. The van der Waals surface area contributed by atoms with E-state index < -0.39 is 7.15 Å². The Labute approximate surface area is 92.1 Å². The van der Waals surface area contributed by atoms with Crippen LogP contribution in [-0.2, 0) is 20.9 Å². The Bertz CT molecular complexity index is 237. The molecule has 82 valence electrons. The van der Waals surface area contributed by atoms with Crippen molar-refractivity contribution in [2.24, 2.45) is 5.41 Å². The maximum absolute atomic E-state index is 5.62. The first-order chi connectivity index (χ1) is 6.21. The van der Waals surface area contributed by atoms with Crippen LogP contribution in [0.4, 0.5) is 0 Å². The molecular weight excluding hydrogens is 217 g/mol. The van der Waals surface area contributed by atoms with Crippen LogP contribution < -0.4 is 5.32 Å². The van der Waals surface area contributed by atoms with Gasteiger partial charge < -0.3 is 0 Å². The molecule has 2 atom stereocenters. The van der Waals surface area contributed by atoms with Crippen LogP contribution >= 0.6 is 7.15 Å². The van der Waals surface area contributed by atoms with Gasteiger partial charge in [0, 0.05) is 11.0 Å². The summed E-state index contributed by atoms with van der Waals surface area (Å²) in [4.78, 5) is 0. The lowest BCUT2D eigenvalue weighted by Gasteiger charge is -2.36. The van der Waals surface area contributed by atoms with E-state index in [0.717, 1.165) is 0 Å². The van der Waals surface area contributed by atoms with E-state index in [4.69, 9.17) is 20.9 Å². The summed E-state index contributed by atoms with van der Waals surface area (Å²) in [5.41, 5.74) is 0.00963. The third-order valence-electron chi connectivity index (χ3n) is 2.01. The fourth-order valence-corrected chi connectivity index (χ4v) is 2.59. The van der Waals surface area contributed by atoms with E-state index in [9.17, 15) is 0 Å². The molecule has 14 heavy (non-hydrogen) atoms. The number of hydrogen-bond donors (Lipinski definition) is 1. The lowest BCUT2D eigenvalue weighted by molar-refractivity contribution is -0.0349. The number of hydrogen-bond acceptors (Lipinski definition) is 4. The molecule has 0 aromatic heterocycles. The van der Waals surface area contributed by atoms with Gasteiger partial charge in [0.1, 0.15) is 6.61 Å². The average Bonchev–Trinajstić information content (AvgIpc) is 1.95. The zero-order valence-electron chi connectivity index (χ0n) is 9.46.